The maximum Gasteiger partial charge on any atom is 0.417 e. The van der Waals surface area contributed by atoms with Gasteiger partial charge in [0.05, 0.1) is 17.2 Å². The first-order valence-electron chi connectivity index (χ1n) is 20.8. The topological polar surface area (TPSA) is 23.8 Å². The van der Waals surface area contributed by atoms with E-state index in [-0.39, 0.29) is 11.1 Å². The largest absolute Gasteiger partial charge is 0.417 e. The number of nitrogens with zero attached hydrogens (tertiary/aromatic N) is 1. The minimum atomic E-state index is -4.57. The van der Waals surface area contributed by atoms with Gasteiger partial charge >= 0.3 is 6.18 Å². The van der Waals surface area contributed by atoms with Gasteiger partial charge in [-0.2, -0.15) is 18.4 Å². The fraction of sp³-hybridized carbons (Fsp3) is 0.0517. The molecular weight excluding hydrogens is 768 g/mol. The maximum atomic E-state index is 14.3. The van der Waals surface area contributed by atoms with Gasteiger partial charge < -0.3 is 0 Å². The lowest BCUT2D eigenvalue weighted by Crippen LogP contribution is -2.07. The van der Waals surface area contributed by atoms with Crippen LogP contribution in [0.15, 0.2) is 170 Å². The summed E-state index contributed by atoms with van der Waals surface area (Å²) in [7, 11) is 0. The molecule has 0 N–H and O–H groups in total. The highest BCUT2D eigenvalue weighted by molar-refractivity contribution is 6.45. The van der Waals surface area contributed by atoms with Crippen LogP contribution in [0.25, 0.3) is 120 Å². The number of rotatable bonds is 4. The monoisotopic (exact) mass is 801 g/mol. The van der Waals surface area contributed by atoms with Gasteiger partial charge in [0.2, 0.25) is 0 Å². The van der Waals surface area contributed by atoms with Crippen molar-refractivity contribution in [1.29, 1.82) is 5.26 Å². The number of fused-ring (bicyclic) bond motifs is 8. The number of aryl methyl sites for hydroxylation is 2. The molecule has 12 aromatic rings. The predicted molar refractivity (Wildman–Crippen MR) is 252 cm³/mol. The molecule has 0 aliphatic heterocycles. The Hall–Kier alpha value is -7.74. The summed E-state index contributed by atoms with van der Waals surface area (Å²) in [6.45, 7) is 3.94. The molecular formula is C58H34F3N. The van der Waals surface area contributed by atoms with Crippen LogP contribution in [-0.2, 0) is 6.18 Å². The summed E-state index contributed by atoms with van der Waals surface area (Å²) in [5, 5.41) is 26.6. The molecule has 0 aromatic heterocycles. The van der Waals surface area contributed by atoms with Gasteiger partial charge in [0.15, 0.2) is 0 Å². The standard InChI is InChI=1S/C58H34F3N/c1-32-27-37(46-29-34(31-62)23-26-49(46)58(59,60)61)28-33(2)50(32)42-24-25-45-53-41(42)20-12-22-44(53)56-51(35-13-5-3-6-14-35)48-30-47-39-18-10-9-17-38(39)40-19-11-21-43(54(40)47)55(48)52(57(45)56)36-15-7-4-8-16-36/h3-30H,1-2H3. The van der Waals surface area contributed by atoms with Crippen molar-refractivity contribution < 1.29 is 13.2 Å². The second-order valence-electron chi connectivity index (χ2n) is 16.6. The Morgan fingerprint density at radius 2 is 0.903 bits per heavy atom. The summed E-state index contributed by atoms with van der Waals surface area (Å²) in [6.07, 6.45) is -4.57. The zero-order valence-electron chi connectivity index (χ0n) is 33.7. The van der Waals surface area contributed by atoms with E-state index in [2.05, 4.69) is 140 Å². The molecule has 0 unspecified atom stereocenters. The fourth-order valence-electron chi connectivity index (χ4n) is 10.9. The normalized spacial score (nSPS) is 12.3. The highest BCUT2D eigenvalue weighted by Crippen LogP contribution is 2.55. The first-order valence-corrected chi connectivity index (χ1v) is 20.8. The first-order chi connectivity index (χ1) is 30.2. The lowest BCUT2D eigenvalue weighted by Gasteiger charge is -2.19. The van der Waals surface area contributed by atoms with Gasteiger partial charge in [-0.05, 0) is 169 Å². The summed E-state index contributed by atoms with van der Waals surface area (Å²) in [6, 6.07) is 59.8. The second-order valence-corrected chi connectivity index (χ2v) is 16.6. The third-order valence-electron chi connectivity index (χ3n) is 13.2. The average molecular weight is 802 g/mol. The van der Waals surface area contributed by atoms with E-state index >= 15 is 0 Å². The number of halogens is 3. The molecule has 12 aromatic carbocycles. The minimum absolute atomic E-state index is 0.00468. The Labute approximate surface area is 355 Å². The maximum absolute atomic E-state index is 14.3. The highest BCUT2D eigenvalue weighted by atomic mass is 19.4. The Kier molecular flexibility index (Phi) is 7.65. The van der Waals surface area contributed by atoms with Gasteiger partial charge in [-0.3, -0.25) is 0 Å². The van der Waals surface area contributed by atoms with Gasteiger partial charge in [0.25, 0.3) is 0 Å². The van der Waals surface area contributed by atoms with Crippen molar-refractivity contribution in [2.45, 2.75) is 20.0 Å². The van der Waals surface area contributed by atoms with Crippen molar-refractivity contribution in [3.05, 3.63) is 192 Å². The molecule has 0 heterocycles. The quantitative estimate of drug-likeness (QED) is 0.163. The zero-order valence-corrected chi connectivity index (χ0v) is 33.7. The molecule has 4 heteroatoms. The van der Waals surface area contributed by atoms with Crippen LogP contribution in [0, 0.1) is 25.2 Å². The Balaban J connectivity index is 1.23. The van der Waals surface area contributed by atoms with Gasteiger partial charge in [-0.25, -0.2) is 0 Å². The van der Waals surface area contributed by atoms with Crippen LogP contribution in [0.1, 0.15) is 22.3 Å². The zero-order chi connectivity index (χ0) is 42.0. The van der Waals surface area contributed by atoms with Crippen molar-refractivity contribution >= 4 is 75.4 Å². The van der Waals surface area contributed by atoms with Crippen LogP contribution in [0.5, 0.6) is 0 Å². The van der Waals surface area contributed by atoms with Crippen LogP contribution in [0.4, 0.5) is 13.2 Å². The number of hydrogen-bond donors (Lipinski definition) is 0. The third kappa shape index (κ3) is 5.03. The van der Waals surface area contributed by atoms with Crippen LogP contribution in [-0.4, -0.2) is 0 Å². The lowest BCUT2D eigenvalue weighted by atomic mass is 9.84. The molecule has 292 valence electrons. The number of alkyl halides is 3. The minimum Gasteiger partial charge on any atom is -0.192 e. The molecule has 1 nitrogen and oxygen atoms in total. The average Bonchev–Trinajstić information content (AvgIpc) is 3.80. The molecule has 12 rings (SSSR count). The van der Waals surface area contributed by atoms with E-state index in [0.717, 1.165) is 61.0 Å². The molecule has 0 radical (unpaired) electrons. The van der Waals surface area contributed by atoms with Gasteiger partial charge in [-0.15, -0.1) is 0 Å². The van der Waals surface area contributed by atoms with E-state index in [9.17, 15) is 18.4 Å². The van der Waals surface area contributed by atoms with Crippen LogP contribution >= 0.6 is 0 Å². The summed E-state index contributed by atoms with van der Waals surface area (Å²) in [5.74, 6) is 0. The lowest BCUT2D eigenvalue weighted by molar-refractivity contribution is -0.137. The molecule has 0 fully saturated rings. The summed E-state index contributed by atoms with van der Waals surface area (Å²) in [5.41, 5.74) is 8.29. The molecule has 0 saturated carbocycles. The molecule has 0 aliphatic carbocycles. The first kappa shape index (κ1) is 36.1. The van der Waals surface area contributed by atoms with E-state index < -0.39 is 11.7 Å². The molecule has 62 heavy (non-hydrogen) atoms. The van der Waals surface area contributed by atoms with Crippen molar-refractivity contribution in [3.8, 4) is 50.6 Å². The smallest absolute Gasteiger partial charge is 0.192 e. The Bertz CT molecular complexity index is 3830. The molecule has 0 aliphatic rings. The fourth-order valence-corrected chi connectivity index (χ4v) is 10.9. The van der Waals surface area contributed by atoms with Crippen LogP contribution in [0.3, 0.4) is 0 Å². The van der Waals surface area contributed by atoms with E-state index in [1.807, 2.05) is 32.0 Å². The predicted octanol–water partition coefficient (Wildman–Crippen LogP) is 16.8. The molecule has 0 spiro atoms. The van der Waals surface area contributed by atoms with Crippen LogP contribution in [0.2, 0.25) is 0 Å². The van der Waals surface area contributed by atoms with E-state index in [1.54, 1.807) is 0 Å². The van der Waals surface area contributed by atoms with E-state index in [4.69, 9.17) is 0 Å². The molecule has 0 amide bonds. The van der Waals surface area contributed by atoms with E-state index in [1.165, 1.54) is 77.1 Å². The SMILES string of the molecule is Cc1cc(-c2cc(C#N)ccc2C(F)(F)F)cc(C)c1-c1ccc2c3c(-c4ccccc4)c4c(cc5c6ccccc6c6cccc4c65)c(-c4ccccc4)c3c3cccc1c32. The number of hydrogen-bond acceptors (Lipinski definition) is 1. The number of benzene rings is 10. The summed E-state index contributed by atoms with van der Waals surface area (Å²) in [4.78, 5) is 0. The molecule has 0 bridgehead atoms. The summed E-state index contributed by atoms with van der Waals surface area (Å²) < 4.78 is 43.0. The van der Waals surface area contributed by atoms with Crippen LogP contribution < -0.4 is 0 Å². The van der Waals surface area contributed by atoms with Crippen molar-refractivity contribution in [3.63, 3.8) is 0 Å². The van der Waals surface area contributed by atoms with Crippen molar-refractivity contribution in [2.24, 2.45) is 0 Å². The highest BCUT2D eigenvalue weighted by Gasteiger charge is 2.34. The van der Waals surface area contributed by atoms with Gasteiger partial charge in [0.1, 0.15) is 0 Å². The van der Waals surface area contributed by atoms with Crippen molar-refractivity contribution in [2.75, 3.05) is 0 Å². The van der Waals surface area contributed by atoms with Gasteiger partial charge in [-0.1, -0.05) is 146 Å². The molecule has 0 saturated heterocycles. The van der Waals surface area contributed by atoms with Gasteiger partial charge in [0, 0.05) is 0 Å². The molecule has 0 atom stereocenters. The Morgan fingerprint density at radius 3 is 1.56 bits per heavy atom. The van der Waals surface area contributed by atoms with Crippen molar-refractivity contribution in [1.82, 2.24) is 0 Å². The van der Waals surface area contributed by atoms with E-state index in [0.29, 0.717) is 5.56 Å². The summed E-state index contributed by atoms with van der Waals surface area (Å²) >= 11 is 0. The second kappa shape index (κ2) is 13.1. The third-order valence-corrected chi connectivity index (χ3v) is 13.2. The Morgan fingerprint density at radius 1 is 0.371 bits per heavy atom. The number of nitriles is 1.